The van der Waals surface area contributed by atoms with Crippen LogP contribution in [-0.2, 0) is 11.2 Å². The van der Waals surface area contributed by atoms with Gasteiger partial charge in [0.05, 0.1) is 18.6 Å². The highest BCUT2D eigenvalue weighted by Crippen LogP contribution is 2.20. The fourth-order valence-corrected chi connectivity index (χ4v) is 3.02. The Balaban J connectivity index is 1.63. The number of rotatable bonds is 7. The summed E-state index contributed by atoms with van der Waals surface area (Å²) >= 11 is 1.28. The van der Waals surface area contributed by atoms with Crippen molar-refractivity contribution in [1.82, 2.24) is 20.2 Å². The largest absolute Gasteiger partial charge is 0.497 e. The van der Waals surface area contributed by atoms with Gasteiger partial charge in [0.25, 0.3) is 0 Å². The van der Waals surface area contributed by atoms with Crippen LogP contribution in [0.15, 0.2) is 53.7 Å². The molecule has 0 aliphatic heterocycles. The number of aromatic nitrogens is 4. The summed E-state index contributed by atoms with van der Waals surface area (Å²) in [6.45, 7) is 2.11. The fourth-order valence-electron chi connectivity index (χ4n) is 2.33. The van der Waals surface area contributed by atoms with Crippen molar-refractivity contribution in [3.63, 3.8) is 0 Å². The van der Waals surface area contributed by atoms with Gasteiger partial charge in [0.2, 0.25) is 11.1 Å². The molecule has 0 radical (unpaired) electrons. The van der Waals surface area contributed by atoms with Gasteiger partial charge < -0.3 is 10.1 Å². The van der Waals surface area contributed by atoms with Crippen molar-refractivity contribution in [2.45, 2.75) is 18.5 Å². The third-order valence-corrected chi connectivity index (χ3v) is 4.64. The van der Waals surface area contributed by atoms with Crippen LogP contribution in [0.4, 0.5) is 5.69 Å². The lowest BCUT2D eigenvalue weighted by atomic mass is 10.1. The molecule has 1 amide bonds. The molecule has 0 aliphatic carbocycles. The van der Waals surface area contributed by atoms with Gasteiger partial charge in [0.1, 0.15) is 5.75 Å². The molecule has 7 nitrogen and oxygen atoms in total. The molecule has 0 bridgehead atoms. The van der Waals surface area contributed by atoms with E-state index in [0.717, 1.165) is 12.1 Å². The minimum Gasteiger partial charge on any atom is -0.497 e. The smallest absolute Gasteiger partial charge is 0.234 e. The SMILES string of the molecule is CCc1ccc(-n2nnnc2SCC(=O)Nc2cccc(OC)c2)cc1. The van der Waals surface area contributed by atoms with E-state index in [1.165, 1.54) is 17.3 Å². The third kappa shape index (κ3) is 4.40. The molecule has 2 aromatic carbocycles. The zero-order valence-corrected chi connectivity index (χ0v) is 15.4. The molecule has 134 valence electrons. The average molecular weight is 369 g/mol. The van der Waals surface area contributed by atoms with Gasteiger partial charge in [-0.25, -0.2) is 0 Å². The van der Waals surface area contributed by atoms with Gasteiger partial charge >= 0.3 is 0 Å². The Bertz CT molecular complexity index is 879. The van der Waals surface area contributed by atoms with E-state index in [2.05, 4.69) is 27.8 Å². The van der Waals surface area contributed by atoms with Crippen molar-refractivity contribution in [3.05, 3.63) is 54.1 Å². The number of methoxy groups -OCH3 is 1. The van der Waals surface area contributed by atoms with Crippen LogP contribution in [0.25, 0.3) is 5.69 Å². The summed E-state index contributed by atoms with van der Waals surface area (Å²) in [5, 5.41) is 15.1. The summed E-state index contributed by atoms with van der Waals surface area (Å²) in [5.74, 6) is 0.749. The van der Waals surface area contributed by atoms with Gasteiger partial charge in [0.15, 0.2) is 0 Å². The number of aryl methyl sites for hydroxylation is 1. The molecule has 3 aromatic rings. The summed E-state index contributed by atoms with van der Waals surface area (Å²) in [4.78, 5) is 12.2. The third-order valence-electron chi connectivity index (χ3n) is 3.72. The summed E-state index contributed by atoms with van der Waals surface area (Å²) in [7, 11) is 1.59. The topological polar surface area (TPSA) is 81.9 Å². The molecule has 0 fully saturated rings. The second kappa shape index (κ2) is 8.48. The number of hydrogen-bond donors (Lipinski definition) is 1. The quantitative estimate of drug-likeness (QED) is 0.645. The van der Waals surface area contributed by atoms with Gasteiger partial charge in [-0.3, -0.25) is 4.79 Å². The van der Waals surface area contributed by atoms with Gasteiger partial charge in [0, 0.05) is 11.8 Å². The van der Waals surface area contributed by atoms with Crippen molar-refractivity contribution in [2.24, 2.45) is 0 Å². The standard InChI is InChI=1S/C18H19N5O2S/c1-3-13-7-9-15(10-8-13)23-18(20-21-22-23)26-12-17(24)19-14-5-4-6-16(11-14)25-2/h4-11H,3,12H2,1-2H3,(H,19,24). The Morgan fingerprint density at radius 3 is 2.77 bits per heavy atom. The molecule has 0 unspecified atom stereocenters. The second-order valence-corrected chi connectivity index (χ2v) is 6.40. The molecular weight excluding hydrogens is 350 g/mol. The van der Waals surface area contributed by atoms with Crippen LogP contribution in [0.1, 0.15) is 12.5 Å². The number of benzene rings is 2. The number of nitrogens with zero attached hydrogens (tertiary/aromatic N) is 4. The summed E-state index contributed by atoms with van der Waals surface area (Å²) < 4.78 is 6.78. The lowest BCUT2D eigenvalue weighted by Crippen LogP contribution is -2.14. The monoisotopic (exact) mass is 369 g/mol. The highest BCUT2D eigenvalue weighted by molar-refractivity contribution is 7.99. The Labute approximate surface area is 155 Å². The van der Waals surface area contributed by atoms with Crippen molar-refractivity contribution in [1.29, 1.82) is 0 Å². The molecular formula is C18H19N5O2S. The number of ether oxygens (including phenoxy) is 1. The van der Waals surface area contributed by atoms with E-state index in [9.17, 15) is 4.79 Å². The fraction of sp³-hybridized carbons (Fsp3) is 0.222. The first-order valence-corrected chi connectivity index (χ1v) is 9.12. The van der Waals surface area contributed by atoms with Gasteiger partial charge in [-0.1, -0.05) is 36.9 Å². The Morgan fingerprint density at radius 2 is 2.04 bits per heavy atom. The number of hydrogen-bond acceptors (Lipinski definition) is 6. The average Bonchev–Trinajstić information content (AvgIpc) is 3.15. The molecule has 1 N–H and O–H groups in total. The first-order valence-electron chi connectivity index (χ1n) is 8.14. The molecule has 26 heavy (non-hydrogen) atoms. The number of carbonyl (C=O) groups excluding carboxylic acids is 1. The van der Waals surface area contributed by atoms with Crippen LogP contribution >= 0.6 is 11.8 Å². The predicted molar refractivity (Wildman–Crippen MR) is 101 cm³/mol. The van der Waals surface area contributed by atoms with Crippen LogP contribution in [0.2, 0.25) is 0 Å². The number of amides is 1. The number of nitrogens with one attached hydrogen (secondary N) is 1. The van der Waals surface area contributed by atoms with Gasteiger partial charge in [-0.05, 0) is 46.7 Å². The first kappa shape index (κ1) is 17.9. The maximum atomic E-state index is 12.2. The van der Waals surface area contributed by atoms with Gasteiger partial charge in [-0.15, -0.1) is 5.10 Å². The van der Waals surface area contributed by atoms with Crippen LogP contribution in [-0.4, -0.2) is 39.0 Å². The number of carbonyl (C=O) groups is 1. The Morgan fingerprint density at radius 1 is 1.23 bits per heavy atom. The van der Waals surface area contributed by atoms with E-state index in [0.29, 0.717) is 16.6 Å². The molecule has 1 aromatic heterocycles. The molecule has 8 heteroatoms. The van der Waals surface area contributed by atoms with Crippen molar-refractivity contribution in [3.8, 4) is 11.4 Å². The van der Waals surface area contributed by atoms with Crippen molar-refractivity contribution >= 4 is 23.4 Å². The molecule has 0 saturated heterocycles. The van der Waals surface area contributed by atoms with Crippen LogP contribution in [0.3, 0.4) is 0 Å². The maximum absolute atomic E-state index is 12.2. The van der Waals surface area contributed by atoms with E-state index in [-0.39, 0.29) is 11.7 Å². The molecule has 3 rings (SSSR count). The normalized spacial score (nSPS) is 10.5. The number of tetrazole rings is 1. The minimum absolute atomic E-state index is 0.140. The number of thioether (sulfide) groups is 1. The first-order chi connectivity index (χ1) is 12.7. The number of anilines is 1. The molecule has 0 spiro atoms. The maximum Gasteiger partial charge on any atom is 0.234 e. The van der Waals surface area contributed by atoms with E-state index >= 15 is 0 Å². The summed E-state index contributed by atoms with van der Waals surface area (Å²) in [6.07, 6.45) is 0.974. The van der Waals surface area contributed by atoms with Crippen molar-refractivity contribution < 1.29 is 9.53 Å². The zero-order chi connectivity index (χ0) is 18.4. The lowest BCUT2D eigenvalue weighted by Gasteiger charge is -2.07. The Kier molecular flexibility index (Phi) is 5.85. The summed E-state index contributed by atoms with van der Waals surface area (Å²) in [5.41, 5.74) is 2.79. The second-order valence-electron chi connectivity index (χ2n) is 5.46. The molecule has 0 saturated carbocycles. The zero-order valence-electron chi connectivity index (χ0n) is 14.5. The highest BCUT2D eigenvalue weighted by atomic mass is 32.2. The van der Waals surface area contributed by atoms with Crippen LogP contribution < -0.4 is 10.1 Å². The van der Waals surface area contributed by atoms with Crippen molar-refractivity contribution in [2.75, 3.05) is 18.2 Å². The van der Waals surface area contributed by atoms with Crippen LogP contribution in [0.5, 0.6) is 5.75 Å². The van der Waals surface area contributed by atoms with E-state index in [1.807, 2.05) is 42.5 Å². The highest BCUT2D eigenvalue weighted by Gasteiger charge is 2.12. The Hall–Kier alpha value is -2.87. The van der Waals surface area contributed by atoms with Crippen LogP contribution in [0, 0.1) is 0 Å². The molecule has 1 heterocycles. The minimum atomic E-state index is -0.140. The van der Waals surface area contributed by atoms with Gasteiger partial charge in [-0.2, -0.15) is 4.68 Å². The van der Waals surface area contributed by atoms with E-state index in [1.54, 1.807) is 17.9 Å². The van der Waals surface area contributed by atoms with E-state index in [4.69, 9.17) is 4.74 Å². The summed E-state index contributed by atoms with van der Waals surface area (Å²) in [6, 6.07) is 15.2. The van der Waals surface area contributed by atoms with E-state index < -0.39 is 0 Å². The molecule has 0 atom stereocenters. The lowest BCUT2D eigenvalue weighted by molar-refractivity contribution is -0.113. The molecule has 0 aliphatic rings. The predicted octanol–water partition coefficient (Wildman–Crippen LogP) is 2.96.